The molecule has 2 rings (SSSR count). The van der Waals surface area contributed by atoms with Crippen molar-refractivity contribution in [1.29, 1.82) is 0 Å². The van der Waals surface area contributed by atoms with E-state index in [-0.39, 0.29) is 6.61 Å². The number of para-hydroxylation sites is 1. The maximum atomic E-state index is 11.8. The van der Waals surface area contributed by atoms with Crippen LogP contribution >= 0.6 is 11.8 Å². The molecule has 1 fully saturated rings. The maximum Gasteiger partial charge on any atom is 0.303 e. The summed E-state index contributed by atoms with van der Waals surface area (Å²) in [5.74, 6) is -1.36. The van der Waals surface area contributed by atoms with E-state index in [1.807, 2.05) is 31.2 Å². The first kappa shape index (κ1) is 27.5. The molecule has 1 aromatic rings. The minimum Gasteiger partial charge on any atom is -0.492 e. The van der Waals surface area contributed by atoms with E-state index in [1.54, 1.807) is 0 Å². The molecule has 5 atom stereocenters. The lowest BCUT2D eigenvalue weighted by Gasteiger charge is -2.44. The van der Waals surface area contributed by atoms with E-state index >= 15 is 0 Å². The van der Waals surface area contributed by atoms with E-state index in [2.05, 4.69) is 0 Å². The Labute approximate surface area is 202 Å². The highest BCUT2D eigenvalue weighted by atomic mass is 32.2. The Morgan fingerprint density at radius 2 is 1.44 bits per heavy atom. The molecule has 10 nitrogen and oxygen atoms in total. The number of hydrogen-bond acceptors (Lipinski definition) is 11. The molecular weight excluding hydrogens is 468 g/mol. The van der Waals surface area contributed by atoms with Crippen LogP contribution in [0.25, 0.3) is 0 Å². The van der Waals surface area contributed by atoms with Crippen molar-refractivity contribution >= 4 is 35.6 Å². The SMILES string of the molecule is CC(=O)OC[C@@H]1O[C@H](SCCOc2ccccc2C)[C@H](OC(C)=O)[C@@H](OC(C)=O)[C@H]1OC(C)=O. The summed E-state index contributed by atoms with van der Waals surface area (Å²) in [6, 6.07) is 7.57. The molecule has 0 spiro atoms. The summed E-state index contributed by atoms with van der Waals surface area (Å²) in [5, 5.41) is 0. The molecule has 0 N–H and O–H groups in total. The summed E-state index contributed by atoms with van der Waals surface area (Å²) in [5.41, 5.74) is 0.167. The Balaban J connectivity index is 2.22. The highest BCUT2D eigenvalue weighted by Crippen LogP contribution is 2.34. The average molecular weight is 499 g/mol. The van der Waals surface area contributed by atoms with Gasteiger partial charge in [0.05, 0.1) is 6.61 Å². The Kier molecular flexibility index (Phi) is 10.6. The smallest absolute Gasteiger partial charge is 0.303 e. The van der Waals surface area contributed by atoms with Crippen molar-refractivity contribution < 1.29 is 47.6 Å². The van der Waals surface area contributed by atoms with Crippen LogP contribution in [0.5, 0.6) is 5.75 Å². The number of ether oxygens (including phenoxy) is 6. The minimum atomic E-state index is -1.17. The summed E-state index contributed by atoms with van der Waals surface area (Å²) in [6.07, 6.45) is -4.37. The van der Waals surface area contributed by atoms with Crippen molar-refractivity contribution in [2.45, 2.75) is 64.5 Å². The molecule has 0 radical (unpaired) electrons. The molecule has 0 bridgehead atoms. The van der Waals surface area contributed by atoms with Gasteiger partial charge in [-0.3, -0.25) is 19.2 Å². The van der Waals surface area contributed by atoms with Crippen LogP contribution < -0.4 is 4.74 Å². The van der Waals surface area contributed by atoms with Gasteiger partial charge in [-0.2, -0.15) is 0 Å². The summed E-state index contributed by atoms with van der Waals surface area (Å²) < 4.78 is 33.1. The van der Waals surface area contributed by atoms with Gasteiger partial charge in [0.1, 0.15) is 23.9 Å². The topological polar surface area (TPSA) is 124 Å². The van der Waals surface area contributed by atoms with Gasteiger partial charge in [0.25, 0.3) is 0 Å². The summed E-state index contributed by atoms with van der Waals surface area (Å²) in [6.45, 7) is 6.80. The molecule has 1 heterocycles. The third-order valence-corrected chi connectivity index (χ3v) is 5.78. The number of esters is 4. The van der Waals surface area contributed by atoms with Crippen molar-refractivity contribution in [1.82, 2.24) is 0 Å². The first-order valence-electron chi connectivity index (χ1n) is 10.7. The lowest BCUT2D eigenvalue weighted by molar-refractivity contribution is -0.237. The maximum absolute atomic E-state index is 11.8. The van der Waals surface area contributed by atoms with Gasteiger partial charge in [0.2, 0.25) is 0 Å². The molecule has 0 amide bonds. The number of aryl methyl sites for hydroxylation is 1. The first-order valence-corrected chi connectivity index (χ1v) is 11.7. The fraction of sp³-hybridized carbons (Fsp3) is 0.565. The predicted molar refractivity (Wildman–Crippen MR) is 121 cm³/mol. The van der Waals surface area contributed by atoms with Gasteiger partial charge >= 0.3 is 23.9 Å². The lowest BCUT2D eigenvalue weighted by Crippen LogP contribution is -2.61. The number of hydrogen-bond donors (Lipinski definition) is 0. The van der Waals surface area contributed by atoms with Gasteiger partial charge in [-0.15, -0.1) is 11.8 Å². The number of thioether (sulfide) groups is 1. The van der Waals surface area contributed by atoms with Gasteiger partial charge in [0, 0.05) is 33.4 Å². The van der Waals surface area contributed by atoms with Crippen molar-refractivity contribution in [3.05, 3.63) is 29.8 Å². The summed E-state index contributed by atoms with van der Waals surface area (Å²) >= 11 is 1.27. The standard InChI is InChI=1S/C23H30O10S/c1-13-8-6-7-9-18(13)28-10-11-34-23-22(32-17(5)27)21(31-16(4)26)20(30-15(3)25)19(33-23)12-29-14(2)24/h6-9,19-23H,10-12H2,1-5H3/t19-,20-,21-,22+,23+/m0/s1. The van der Waals surface area contributed by atoms with Crippen LogP contribution in [-0.2, 0) is 42.9 Å². The van der Waals surface area contributed by atoms with Crippen LogP contribution in [0, 0.1) is 6.92 Å². The van der Waals surface area contributed by atoms with Crippen LogP contribution in [0.4, 0.5) is 0 Å². The third-order valence-electron chi connectivity index (χ3n) is 4.66. The monoisotopic (exact) mass is 498 g/mol. The van der Waals surface area contributed by atoms with E-state index in [1.165, 1.54) is 39.5 Å². The van der Waals surface area contributed by atoms with Gasteiger partial charge in [0.15, 0.2) is 18.3 Å². The molecule has 0 saturated carbocycles. The van der Waals surface area contributed by atoms with Crippen molar-refractivity contribution in [2.75, 3.05) is 19.0 Å². The number of carbonyl (C=O) groups excluding carboxylic acids is 4. The Hall–Kier alpha value is -2.79. The van der Waals surface area contributed by atoms with Crippen LogP contribution in [0.1, 0.15) is 33.3 Å². The number of rotatable bonds is 10. The van der Waals surface area contributed by atoms with Crippen LogP contribution in [-0.4, -0.2) is 72.7 Å². The molecule has 188 valence electrons. The fourth-order valence-corrected chi connectivity index (χ4v) is 4.39. The van der Waals surface area contributed by atoms with Gasteiger partial charge in [-0.05, 0) is 18.6 Å². The highest BCUT2D eigenvalue weighted by Gasteiger charge is 2.52. The quantitative estimate of drug-likeness (QED) is 0.268. The molecule has 0 unspecified atom stereocenters. The zero-order valence-electron chi connectivity index (χ0n) is 19.8. The second-order valence-corrected chi connectivity index (χ2v) is 8.76. The molecule has 0 aliphatic carbocycles. The summed E-state index contributed by atoms with van der Waals surface area (Å²) in [7, 11) is 0. The Morgan fingerprint density at radius 1 is 0.853 bits per heavy atom. The molecule has 34 heavy (non-hydrogen) atoms. The molecule has 0 aromatic heterocycles. The van der Waals surface area contributed by atoms with E-state index < -0.39 is 53.7 Å². The molecule has 1 aliphatic rings. The second kappa shape index (κ2) is 13.2. The van der Waals surface area contributed by atoms with Gasteiger partial charge in [-0.25, -0.2) is 0 Å². The van der Waals surface area contributed by atoms with Crippen LogP contribution in [0.3, 0.4) is 0 Å². The zero-order chi connectivity index (χ0) is 25.3. The molecule has 1 saturated heterocycles. The normalized spacial score (nSPS) is 24.0. The number of benzene rings is 1. The lowest BCUT2D eigenvalue weighted by atomic mass is 9.99. The zero-order valence-corrected chi connectivity index (χ0v) is 20.6. The van der Waals surface area contributed by atoms with Gasteiger partial charge in [-0.1, -0.05) is 18.2 Å². The third kappa shape index (κ3) is 8.53. The second-order valence-electron chi connectivity index (χ2n) is 7.55. The van der Waals surface area contributed by atoms with Crippen LogP contribution in [0.2, 0.25) is 0 Å². The largest absolute Gasteiger partial charge is 0.492 e. The minimum absolute atomic E-state index is 0.255. The number of carbonyl (C=O) groups is 4. The van der Waals surface area contributed by atoms with Gasteiger partial charge < -0.3 is 28.4 Å². The van der Waals surface area contributed by atoms with E-state index in [0.29, 0.717) is 12.4 Å². The average Bonchev–Trinajstić information content (AvgIpc) is 2.73. The first-order chi connectivity index (χ1) is 16.1. The highest BCUT2D eigenvalue weighted by molar-refractivity contribution is 7.99. The van der Waals surface area contributed by atoms with E-state index in [4.69, 9.17) is 28.4 Å². The molecule has 1 aliphatic heterocycles. The summed E-state index contributed by atoms with van der Waals surface area (Å²) in [4.78, 5) is 46.8. The van der Waals surface area contributed by atoms with Crippen molar-refractivity contribution in [3.8, 4) is 5.75 Å². The van der Waals surface area contributed by atoms with E-state index in [0.717, 1.165) is 11.3 Å². The molecule has 1 aromatic carbocycles. The Bertz CT molecular complexity index is 873. The fourth-order valence-electron chi connectivity index (χ4n) is 3.36. The molecular formula is C23H30O10S. The van der Waals surface area contributed by atoms with Crippen molar-refractivity contribution in [2.24, 2.45) is 0 Å². The Morgan fingerprint density at radius 3 is 2.03 bits per heavy atom. The molecule has 11 heteroatoms. The van der Waals surface area contributed by atoms with Crippen LogP contribution in [0.15, 0.2) is 24.3 Å². The predicted octanol–water partition coefficient (Wildman–Crippen LogP) is 2.19. The van der Waals surface area contributed by atoms with Crippen molar-refractivity contribution in [3.63, 3.8) is 0 Å². The van der Waals surface area contributed by atoms with E-state index in [9.17, 15) is 19.2 Å².